The highest BCUT2D eigenvalue weighted by Gasteiger charge is 2.23. The molecule has 1 heterocycles. The first-order valence-electron chi connectivity index (χ1n) is 8.01. The fraction of sp³-hybridized carbons (Fsp3) is 0.706. The molecule has 0 atom stereocenters. The van der Waals surface area contributed by atoms with E-state index in [9.17, 15) is 8.78 Å². The second kappa shape index (κ2) is 7.70. The van der Waals surface area contributed by atoms with Crippen molar-refractivity contribution < 1.29 is 8.78 Å². The van der Waals surface area contributed by atoms with Gasteiger partial charge in [0, 0.05) is 6.20 Å². The summed E-state index contributed by atoms with van der Waals surface area (Å²) in [6, 6.07) is 1.33. The number of halogens is 2. The lowest BCUT2D eigenvalue weighted by Crippen LogP contribution is -2.14. The lowest BCUT2D eigenvalue weighted by molar-refractivity contribution is 0.301. The third kappa shape index (κ3) is 4.26. The van der Waals surface area contributed by atoms with Gasteiger partial charge in [-0.1, -0.05) is 39.0 Å². The second-order valence-electron chi connectivity index (χ2n) is 6.11. The van der Waals surface area contributed by atoms with Gasteiger partial charge in [0.25, 0.3) is 0 Å². The third-order valence-electron chi connectivity index (χ3n) is 4.60. The number of aromatic nitrogens is 1. The Hall–Kier alpha value is -0.990. The standard InChI is InChI=1S/C17H25F2N/c1-2-3-4-5-6-13-7-9-14(10-8-13)15-11-16(18)17(19)20-12-15/h11-14H,2-10H2,1H3/t13-,14-. The van der Waals surface area contributed by atoms with Crippen molar-refractivity contribution in [3.8, 4) is 0 Å². The Morgan fingerprint density at radius 1 is 1.10 bits per heavy atom. The van der Waals surface area contributed by atoms with E-state index in [1.807, 2.05) is 0 Å². The van der Waals surface area contributed by atoms with Crippen molar-refractivity contribution in [1.29, 1.82) is 0 Å². The predicted octanol–water partition coefficient (Wildman–Crippen LogP) is 5.60. The van der Waals surface area contributed by atoms with Crippen LogP contribution in [0.4, 0.5) is 8.78 Å². The van der Waals surface area contributed by atoms with E-state index >= 15 is 0 Å². The highest BCUT2D eigenvalue weighted by molar-refractivity contribution is 5.17. The van der Waals surface area contributed by atoms with Crippen molar-refractivity contribution in [3.63, 3.8) is 0 Å². The normalized spacial score (nSPS) is 22.9. The number of hydrogen-bond donors (Lipinski definition) is 0. The maximum atomic E-state index is 13.2. The zero-order valence-electron chi connectivity index (χ0n) is 12.4. The highest BCUT2D eigenvalue weighted by atomic mass is 19.2. The van der Waals surface area contributed by atoms with Crippen LogP contribution in [0.3, 0.4) is 0 Å². The van der Waals surface area contributed by atoms with Gasteiger partial charge in [0.1, 0.15) is 0 Å². The number of hydrogen-bond acceptors (Lipinski definition) is 1. The first-order chi connectivity index (χ1) is 9.70. The molecule has 1 aromatic rings. The largest absolute Gasteiger partial charge is 0.248 e. The Labute approximate surface area is 120 Å². The molecule has 0 bridgehead atoms. The van der Waals surface area contributed by atoms with Crippen LogP contribution in [-0.2, 0) is 0 Å². The molecule has 0 unspecified atom stereocenters. The molecule has 1 aliphatic carbocycles. The molecule has 2 rings (SSSR count). The smallest absolute Gasteiger partial charge is 0.225 e. The molecule has 0 N–H and O–H groups in total. The zero-order chi connectivity index (χ0) is 14.4. The van der Waals surface area contributed by atoms with Gasteiger partial charge in [-0.15, -0.1) is 0 Å². The minimum Gasteiger partial charge on any atom is -0.225 e. The fourth-order valence-corrected chi connectivity index (χ4v) is 3.30. The summed E-state index contributed by atoms with van der Waals surface area (Å²) in [4.78, 5) is 3.50. The molecular weight excluding hydrogens is 256 g/mol. The van der Waals surface area contributed by atoms with E-state index in [4.69, 9.17) is 0 Å². The van der Waals surface area contributed by atoms with Crippen molar-refractivity contribution >= 4 is 0 Å². The molecule has 0 amide bonds. The van der Waals surface area contributed by atoms with Crippen molar-refractivity contribution in [2.24, 2.45) is 5.92 Å². The summed E-state index contributed by atoms with van der Waals surface area (Å²) in [7, 11) is 0. The van der Waals surface area contributed by atoms with E-state index in [0.29, 0.717) is 5.92 Å². The van der Waals surface area contributed by atoms with Crippen LogP contribution in [0, 0.1) is 17.7 Å². The molecule has 112 valence electrons. The summed E-state index contributed by atoms with van der Waals surface area (Å²) in [6.07, 6.45) is 12.8. The van der Waals surface area contributed by atoms with Crippen molar-refractivity contribution in [2.75, 3.05) is 0 Å². The summed E-state index contributed by atoms with van der Waals surface area (Å²) >= 11 is 0. The van der Waals surface area contributed by atoms with Crippen LogP contribution in [0.15, 0.2) is 12.3 Å². The first-order valence-corrected chi connectivity index (χ1v) is 8.01. The quantitative estimate of drug-likeness (QED) is 0.488. The molecule has 1 saturated carbocycles. The van der Waals surface area contributed by atoms with Crippen molar-refractivity contribution in [1.82, 2.24) is 4.98 Å². The SMILES string of the molecule is CCCCCC[C@H]1CC[C@H](c2cnc(F)c(F)c2)CC1. The van der Waals surface area contributed by atoms with Gasteiger partial charge < -0.3 is 0 Å². The Bertz CT molecular complexity index is 411. The summed E-state index contributed by atoms with van der Waals surface area (Å²) in [5, 5.41) is 0. The Kier molecular flexibility index (Phi) is 5.93. The molecule has 20 heavy (non-hydrogen) atoms. The summed E-state index contributed by atoms with van der Waals surface area (Å²) in [5.74, 6) is -0.603. The van der Waals surface area contributed by atoms with Gasteiger partial charge in [-0.3, -0.25) is 0 Å². The Balaban J connectivity index is 1.77. The molecular formula is C17H25F2N. The lowest BCUT2D eigenvalue weighted by atomic mass is 9.77. The minimum atomic E-state index is -0.988. The van der Waals surface area contributed by atoms with Crippen LogP contribution >= 0.6 is 0 Å². The van der Waals surface area contributed by atoms with Gasteiger partial charge in [-0.25, -0.2) is 9.37 Å². The van der Waals surface area contributed by atoms with Gasteiger partial charge in [-0.05, 0) is 49.1 Å². The van der Waals surface area contributed by atoms with Crippen LogP contribution < -0.4 is 0 Å². The molecule has 0 radical (unpaired) electrons. The van der Waals surface area contributed by atoms with Gasteiger partial charge in [0.15, 0.2) is 5.82 Å². The molecule has 1 nitrogen and oxygen atoms in total. The van der Waals surface area contributed by atoms with E-state index in [0.717, 1.165) is 24.3 Å². The van der Waals surface area contributed by atoms with Crippen molar-refractivity contribution in [2.45, 2.75) is 70.6 Å². The Morgan fingerprint density at radius 2 is 1.85 bits per heavy atom. The minimum absolute atomic E-state index is 0.365. The van der Waals surface area contributed by atoms with Gasteiger partial charge in [0.05, 0.1) is 0 Å². The predicted molar refractivity (Wildman–Crippen MR) is 77.6 cm³/mol. The average Bonchev–Trinajstić information content (AvgIpc) is 2.47. The van der Waals surface area contributed by atoms with E-state index in [1.54, 1.807) is 0 Å². The van der Waals surface area contributed by atoms with Crippen LogP contribution in [0.5, 0.6) is 0 Å². The van der Waals surface area contributed by atoms with Crippen LogP contribution in [0.1, 0.15) is 76.2 Å². The molecule has 0 aromatic carbocycles. The van der Waals surface area contributed by atoms with Gasteiger partial charge in [0.2, 0.25) is 5.95 Å². The van der Waals surface area contributed by atoms with E-state index in [-0.39, 0.29) is 0 Å². The number of pyridine rings is 1. The average molecular weight is 281 g/mol. The molecule has 1 fully saturated rings. The monoisotopic (exact) mass is 281 g/mol. The fourth-order valence-electron chi connectivity index (χ4n) is 3.30. The highest BCUT2D eigenvalue weighted by Crippen LogP contribution is 2.37. The maximum absolute atomic E-state index is 13.2. The number of rotatable bonds is 6. The number of nitrogens with zero attached hydrogens (tertiary/aromatic N) is 1. The van der Waals surface area contributed by atoms with Crippen LogP contribution in [0.2, 0.25) is 0 Å². The molecule has 3 heteroatoms. The number of unbranched alkanes of at least 4 members (excludes halogenated alkanes) is 3. The summed E-state index contributed by atoms with van der Waals surface area (Å²) in [6.45, 7) is 2.24. The summed E-state index contributed by atoms with van der Waals surface area (Å²) in [5.41, 5.74) is 0.869. The topological polar surface area (TPSA) is 12.9 Å². The lowest BCUT2D eigenvalue weighted by Gasteiger charge is -2.28. The summed E-state index contributed by atoms with van der Waals surface area (Å²) < 4.78 is 26.1. The first kappa shape index (κ1) is 15.4. The van der Waals surface area contributed by atoms with E-state index < -0.39 is 11.8 Å². The van der Waals surface area contributed by atoms with E-state index in [1.165, 1.54) is 57.2 Å². The van der Waals surface area contributed by atoms with Crippen LogP contribution in [0.25, 0.3) is 0 Å². The van der Waals surface area contributed by atoms with Crippen molar-refractivity contribution in [3.05, 3.63) is 29.6 Å². The van der Waals surface area contributed by atoms with Crippen LogP contribution in [-0.4, -0.2) is 4.98 Å². The second-order valence-corrected chi connectivity index (χ2v) is 6.11. The molecule has 0 aliphatic heterocycles. The van der Waals surface area contributed by atoms with Gasteiger partial charge >= 0.3 is 0 Å². The zero-order valence-corrected chi connectivity index (χ0v) is 12.4. The Morgan fingerprint density at radius 3 is 2.50 bits per heavy atom. The third-order valence-corrected chi connectivity index (χ3v) is 4.60. The molecule has 1 aliphatic rings. The van der Waals surface area contributed by atoms with E-state index in [2.05, 4.69) is 11.9 Å². The maximum Gasteiger partial charge on any atom is 0.248 e. The molecule has 0 saturated heterocycles. The van der Waals surface area contributed by atoms with Gasteiger partial charge in [-0.2, -0.15) is 4.39 Å². The molecule has 0 spiro atoms. The molecule has 1 aromatic heterocycles.